The first-order valence-electron chi connectivity index (χ1n) is 9.79. The van der Waals surface area contributed by atoms with Crippen LogP contribution in [0.15, 0.2) is 43.1 Å². The summed E-state index contributed by atoms with van der Waals surface area (Å²) in [5, 5.41) is 17.0. The first-order chi connectivity index (χ1) is 14.1. The smallest absolute Gasteiger partial charge is 0.204 e. The molecule has 162 valence electrons. The topological polar surface area (TPSA) is 97.4 Å². The van der Waals surface area contributed by atoms with Gasteiger partial charge in [0.25, 0.3) is 0 Å². The Balaban J connectivity index is 0.000000960. The second-order valence-corrected chi connectivity index (χ2v) is 6.98. The lowest BCUT2D eigenvalue weighted by Gasteiger charge is -2.11. The van der Waals surface area contributed by atoms with Crippen LogP contribution < -0.4 is 16.4 Å². The zero-order chi connectivity index (χ0) is 21.5. The third-order valence-electron chi connectivity index (χ3n) is 3.91. The Morgan fingerprint density at radius 2 is 2.14 bits per heavy atom. The van der Waals surface area contributed by atoms with Gasteiger partial charge in [-0.15, -0.1) is 6.58 Å². The van der Waals surface area contributed by atoms with E-state index in [1.165, 1.54) is 0 Å². The maximum Gasteiger partial charge on any atom is 0.204 e. The van der Waals surface area contributed by atoms with Gasteiger partial charge in [-0.25, -0.2) is 4.98 Å². The minimum atomic E-state index is 0.000861. The van der Waals surface area contributed by atoms with Crippen LogP contribution >= 0.6 is 15.9 Å². The standard InChI is InChI=1S/C18H29N5O2.C3H5Br/c1-3-25-10-9-20-7-4-8-21-18-22-16-6-5-15(13-24)11-17(16)23(18)12-14(2)19;1-2-3-4/h5-6,11,20,24H,2-4,7-10,12-13,19H2,1H3,(H,21,22);2H,1,3H2. The van der Waals surface area contributed by atoms with Crippen molar-refractivity contribution in [3.8, 4) is 0 Å². The van der Waals surface area contributed by atoms with Gasteiger partial charge in [0.1, 0.15) is 0 Å². The molecule has 0 saturated carbocycles. The fourth-order valence-corrected chi connectivity index (χ4v) is 2.59. The molecule has 0 aliphatic carbocycles. The van der Waals surface area contributed by atoms with Gasteiger partial charge in [0, 0.05) is 30.7 Å². The van der Waals surface area contributed by atoms with Gasteiger partial charge in [-0.3, -0.25) is 0 Å². The quantitative estimate of drug-likeness (QED) is 0.205. The van der Waals surface area contributed by atoms with Gasteiger partial charge in [-0.05, 0) is 37.6 Å². The third-order valence-corrected chi connectivity index (χ3v) is 4.36. The molecule has 29 heavy (non-hydrogen) atoms. The predicted octanol–water partition coefficient (Wildman–Crippen LogP) is 3.00. The van der Waals surface area contributed by atoms with Crippen molar-refractivity contribution in [3.05, 3.63) is 48.7 Å². The van der Waals surface area contributed by atoms with Crippen molar-refractivity contribution in [3.63, 3.8) is 0 Å². The van der Waals surface area contributed by atoms with Crippen molar-refractivity contribution in [2.24, 2.45) is 5.73 Å². The summed E-state index contributed by atoms with van der Waals surface area (Å²) in [7, 11) is 0. The Morgan fingerprint density at radius 1 is 1.38 bits per heavy atom. The van der Waals surface area contributed by atoms with Gasteiger partial charge in [-0.2, -0.15) is 0 Å². The predicted molar refractivity (Wildman–Crippen MR) is 125 cm³/mol. The number of hydrogen-bond acceptors (Lipinski definition) is 6. The number of nitrogens with zero attached hydrogens (tertiary/aromatic N) is 2. The molecule has 5 N–H and O–H groups in total. The number of benzene rings is 1. The van der Waals surface area contributed by atoms with E-state index in [2.05, 4.69) is 44.7 Å². The van der Waals surface area contributed by atoms with Crippen molar-refractivity contribution >= 4 is 32.9 Å². The molecule has 1 aromatic carbocycles. The van der Waals surface area contributed by atoms with Crippen LogP contribution in [0.2, 0.25) is 0 Å². The van der Waals surface area contributed by atoms with Crippen molar-refractivity contribution < 1.29 is 9.84 Å². The van der Waals surface area contributed by atoms with Crippen LogP contribution in [0.1, 0.15) is 18.9 Å². The van der Waals surface area contributed by atoms with E-state index in [1.807, 2.05) is 29.7 Å². The van der Waals surface area contributed by atoms with Gasteiger partial charge < -0.3 is 30.8 Å². The summed E-state index contributed by atoms with van der Waals surface area (Å²) < 4.78 is 7.28. The molecule has 1 heterocycles. The van der Waals surface area contributed by atoms with E-state index in [-0.39, 0.29) is 6.61 Å². The fraction of sp³-hybridized carbons (Fsp3) is 0.476. The lowest BCUT2D eigenvalue weighted by Crippen LogP contribution is -2.23. The third kappa shape index (κ3) is 9.45. The summed E-state index contributed by atoms with van der Waals surface area (Å²) in [6.07, 6.45) is 2.76. The first-order valence-corrected chi connectivity index (χ1v) is 10.9. The zero-order valence-corrected chi connectivity index (χ0v) is 18.9. The number of allylic oxidation sites excluding steroid dienone is 2. The monoisotopic (exact) mass is 467 g/mol. The number of imidazole rings is 1. The Morgan fingerprint density at radius 3 is 2.76 bits per heavy atom. The van der Waals surface area contributed by atoms with Crippen LogP contribution in [0.5, 0.6) is 0 Å². The van der Waals surface area contributed by atoms with E-state index in [1.54, 1.807) is 6.08 Å². The Kier molecular flexibility index (Phi) is 13.0. The Labute approximate surface area is 182 Å². The molecule has 0 aliphatic heterocycles. The molecule has 2 aromatic rings. The van der Waals surface area contributed by atoms with Crippen LogP contribution in [0.4, 0.5) is 5.95 Å². The van der Waals surface area contributed by atoms with Crippen LogP contribution in [-0.4, -0.2) is 52.8 Å². The minimum absolute atomic E-state index is 0.000861. The average Bonchev–Trinajstić information content (AvgIpc) is 3.06. The maximum atomic E-state index is 9.35. The summed E-state index contributed by atoms with van der Waals surface area (Å²) in [5.41, 5.74) is 9.03. The van der Waals surface area contributed by atoms with Gasteiger partial charge in [0.05, 0.1) is 30.8 Å². The van der Waals surface area contributed by atoms with Crippen molar-refractivity contribution in [1.29, 1.82) is 0 Å². The van der Waals surface area contributed by atoms with Gasteiger partial charge in [0.2, 0.25) is 5.95 Å². The highest BCUT2D eigenvalue weighted by molar-refractivity contribution is 9.09. The van der Waals surface area contributed by atoms with Gasteiger partial charge >= 0.3 is 0 Å². The number of ether oxygens (including phenoxy) is 1. The van der Waals surface area contributed by atoms with Crippen molar-refractivity contribution in [1.82, 2.24) is 14.9 Å². The van der Waals surface area contributed by atoms with Gasteiger partial charge in [0.15, 0.2) is 0 Å². The molecule has 0 aliphatic rings. The number of fused-ring (bicyclic) bond motifs is 1. The molecule has 2 rings (SSSR count). The Bertz CT molecular complexity index is 748. The summed E-state index contributed by atoms with van der Waals surface area (Å²) in [5.74, 6) is 0.769. The molecule has 0 unspecified atom stereocenters. The molecule has 0 radical (unpaired) electrons. The van der Waals surface area contributed by atoms with E-state index in [0.29, 0.717) is 12.2 Å². The number of halogens is 1. The second kappa shape index (κ2) is 15.0. The molecule has 1 aromatic heterocycles. The molecule has 0 fully saturated rings. The normalized spacial score (nSPS) is 10.4. The SMILES string of the molecule is C=C(N)Cn1c(NCCCNCCOCC)nc2ccc(CO)cc21.C=CCBr. The number of nitrogens with one attached hydrogen (secondary N) is 2. The lowest BCUT2D eigenvalue weighted by molar-refractivity contribution is 0.149. The average molecular weight is 468 g/mol. The van der Waals surface area contributed by atoms with Crippen molar-refractivity contribution in [2.45, 2.75) is 26.5 Å². The van der Waals surface area contributed by atoms with E-state index in [0.717, 1.165) is 67.1 Å². The lowest BCUT2D eigenvalue weighted by atomic mass is 10.2. The van der Waals surface area contributed by atoms with Crippen LogP contribution in [0.25, 0.3) is 11.0 Å². The molecule has 0 amide bonds. The Hall–Kier alpha value is -1.87. The minimum Gasteiger partial charge on any atom is -0.401 e. The molecule has 7 nitrogen and oxygen atoms in total. The first kappa shape index (κ1) is 25.2. The molecule has 0 saturated heterocycles. The summed E-state index contributed by atoms with van der Waals surface area (Å²) in [6.45, 7) is 13.8. The maximum absolute atomic E-state index is 9.35. The number of aliphatic hydroxyl groups is 1. The van der Waals surface area contributed by atoms with E-state index < -0.39 is 0 Å². The highest BCUT2D eigenvalue weighted by Gasteiger charge is 2.11. The summed E-state index contributed by atoms with van der Waals surface area (Å²) >= 11 is 3.13. The highest BCUT2D eigenvalue weighted by Crippen LogP contribution is 2.22. The number of nitrogens with two attached hydrogens (primary N) is 1. The highest BCUT2D eigenvalue weighted by atomic mass is 79.9. The van der Waals surface area contributed by atoms with Crippen LogP contribution in [0, 0.1) is 0 Å². The number of hydrogen-bond donors (Lipinski definition) is 4. The second-order valence-electron chi connectivity index (χ2n) is 6.33. The van der Waals surface area contributed by atoms with E-state index in [4.69, 9.17) is 10.5 Å². The van der Waals surface area contributed by atoms with Gasteiger partial charge in [-0.1, -0.05) is 34.7 Å². The fourth-order valence-electron chi connectivity index (χ4n) is 2.59. The van der Waals surface area contributed by atoms with Crippen molar-refractivity contribution in [2.75, 3.05) is 43.5 Å². The summed E-state index contributed by atoms with van der Waals surface area (Å²) in [4.78, 5) is 4.63. The molecular weight excluding hydrogens is 434 g/mol. The van der Waals surface area contributed by atoms with E-state index >= 15 is 0 Å². The number of anilines is 1. The van der Waals surface area contributed by atoms with Crippen LogP contribution in [0.3, 0.4) is 0 Å². The molecule has 0 spiro atoms. The molecular formula is C21H34BrN5O2. The molecule has 8 heteroatoms. The summed E-state index contributed by atoms with van der Waals surface area (Å²) in [6, 6.07) is 5.73. The van der Waals surface area contributed by atoms with E-state index in [9.17, 15) is 5.11 Å². The number of aliphatic hydroxyl groups excluding tert-OH is 1. The molecule has 0 bridgehead atoms. The molecule has 0 atom stereocenters. The largest absolute Gasteiger partial charge is 0.401 e. The number of aromatic nitrogens is 2. The van der Waals surface area contributed by atoms with Crippen LogP contribution in [-0.2, 0) is 17.9 Å². The number of alkyl halides is 1. The number of rotatable bonds is 13. The zero-order valence-electron chi connectivity index (χ0n) is 17.3.